The van der Waals surface area contributed by atoms with E-state index in [2.05, 4.69) is 15.0 Å². The molecule has 0 aliphatic rings. The van der Waals surface area contributed by atoms with Crippen molar-refractivity contribution in [2.45, 2.75) is 17.0 Å². The van der Waals surface area contributed by atoms with Gasteiger partial charge >= 0.3 is 6.18 Å². The molecule has 0 aliphatic heterocycles. The van der Waals surface area contributed by atoms with Crippen molar-refractivity contribution >= 4 is 23.4 Å². The lowest BCUT2D eigenvalue weighted by Crippen LogP contribution is -2.10. The number of nitrogens with zero attached hydrogens (tertiary/aromatic N) is 3. The van der Waals surface area contributed by atoms with Crippen LogP contribution in [0.3, 0.4) is 0 Å². The lowest BCUT2D eigenvalue weighted by Gasteiger charge is -2.10. The van der Waals surface area contributed by atoms with Gasteiger partial charge in [-0.1, -0.05) is 29.8 Å². The smallest absolute Gasteiger partial charge is 0.253 e. The predicted octanol–water partition coefficient (Wildman–Crippen LogP) is 5.50. The average molecular weight is 382 g/mol. The van der Waals surface area contributed by atoms with Crippen LogP contribution in [0.15, 0.2) is 59.8 Å². The van der Waals surface area contributed by atoms with Gasteiger partial charge in [0.05, 0.1) is 0 Å². The minimum absolute atomic E-state index is 0.0472. The molecule has 0 amide bonds. The summed E-state index contributed by atoms with van der Waals surface area (Å²) in [5.41, 5.74) is 0.240. The normalized spacial score (nSPS) is 11.5. The Morgan fingerprint density at radius 1 is 1.00 bits per heavy atom. The van der Waals surface area contributed by atoms with Gasteiger partial charge in [-0.05, 0) is 29.8 Å². The van der Waals surface area contributed by atoms with Gasteiger partial charge < -0.3 is 0 Å². The highest BCUT2D eigenvalue weighted by molar-refractivity contribution is 7.98. The zero-order valence-electron chi connectivity index (χ0n) is 12.7. The van der Waals surface area contributed by atoms with Gasteiger partial charge in [-0.2, -0.15) is 13.2 Å². The minimum Gasteiger partial charge on any atom is -0.253 e. The molecule has 0 unspecified atom stereocenters. The number of rotatable bonds is 4. The highest BCUT2D eigenvalue weighted by Gasteiger charge is 2.34. The van der Waals surface area contributed by atoms with Crippen molar-refractivity contribution in [3.8, 4) is 11.5 Å². The maximum atomic E-state index is 13.1. The molecule has 2 heterocycles. The minimum atomic E-state index is -4.55. The largest absolute Gasteiger partial charge is 0.433 e. The van der Waals surface area contributed by atoms with Gasteiger partial charge in [0, 0.05) is 23.0 Å². The topological polar surface area (TPSA) is 38.7 Å². The number of aromatic nitrogens is 3. The molecule has 25 heavy (non-hydrogen) atoms. The number of pyridine rings is 1. The van der Waals surface area contributed by atoms with Crippen LogP contribution in [0.4, 0.5) is 13.2 Å². The number of hydrogen-bond acceptors (Lipinski definition) is 4. The summed E-state index contributed by atoms with van der Waals surface area (Å²) in [6, 6.07) is 13.0. The molecule has 0 spiro atoms. The Labute approximate surface area is 151 Å². The molecule has 0 radical (unpaired) electrons. The first kappa shape index (κ1) is 17.7. The zero-order valence-corrected chi connectivity index (χ0v) is 14.2. The van der Waals surface area contributed by atoms with E-state index in [1.165, 1.54) is 18.0 Å². The Morgan fingerprint density at radius 3 is 2.40 bits per heavy atom. The molecule has 0 aliphatic carbocycles. The third-order valence-corrected chi connectivity index (χ3v) is 4.42. The van der Waals surface area contributed by atoms with Gasteiger partial charge in [0.25, 0.3) is 0 Å². The molecule has 0 fully saturated rings. The van der Waals surface area contributed by atoms with Crippen LogP contribution in [-0.2, 0) is 11.9 Å². The lowest BCUT2D eigenvalue weighted by atomic mass is 10.2. The molecule has 0 atom stereocenters. The molecule has 1 aromatic carbocycles. The van der Waals surface area contributed by atoms with Gasteiger partial charge in [-0.15, -0.1) is 11.8 Å². The van der Waals surface area contributed by atoms with Crippen molar-refractivity contribution in [2.24, 2.45) is 0 Å². The van der Waals surface area contributed by atoms with E-state index in [-0.39, 0.29) is 10.9 Å². The number of hydrogen-bond donors (Lipinski definition) is 0. The van der Waals surface area contributed by atoms with Gasteiger partial charge in [0.15, 0.2) is 5.82 Å². The Kier molecular flexibility index (Phi) is 5.24. The molecular formula is C17H11ClF3N3S. The zero-order chi connectivity index (χ0) is 17.9. The van der Waals surface area contributed by atoms with E-state index in [9.17, 15) is 13.2 Å². The van der Waals surface area contributed by atoms with E-state index in [1.807, 2.05) is 12.1 Å². The fourth-order valence-corrected chi connectivity index (χ4v) is 2.97. The third kappa shape index (κ3) is 4.70. The van der Waals surface area contributed by atoms with E-state index in [4.69, 9.17) is 11.6 Å². The van der Waals surface area contributed by atoms with Crippen molar-refractivity contribution in [2.75, 3.05) is 0 Å². The number of alkyl halides is 3. The van der Waals surface area contributed by atoms with Crippen LogP contribution in [0.1, 0.15) is 11.3 Å². The maximum absolute atomic E-state index is 13.1. The highest BCUT2D eigenvalue weighted by Crippen LogP contribution is 2.32. The van der Waals surface area contributed by atoms with Crippen LogP contribution in [0.25, 0.3) is 11.5 Å². The second kappa shape index (κ2) is 7.41. The molecule has 3 nitrogen and oxygen atoms in total. The maximum Gasteiger partial charge on any atom is 0.433 e. The monoisotopic (exact) mass is 381 g/mol. The van der Waals surface area contributed by atoms with Crippen LogP contribution in [-0.4, -0.2) is 15.0 Å². The van der Waals surface area contributed by atoms with Crippen molar-refractivity contribution in [3.05, 3.63) is 71.0 Å². The van der Waals surface area contributed by atoms with Gasteiger partial charge in [0.1, 0.15) is 16.4 Å². The number of benzene rings is 1. The van der Waals surface area contributed by atoms with E-state index in [1.54, 1.807) is 30.3 Å². The first-order chi connectivity index (χ1) is 11.9. The molecule has 8 heteroatoms. The van der Waals surface area contributed by atoms with E-state index in [0.29, 0.717) is 16.5 Å². The van der Waals surface area contributed by atoms with Crippen LogP contribution < -0.4 is 0 Å². The summed E-state index contributed by atoms with van der Waals surface area (Å²) in [7, 11) is 0. The summed E-state index contributed by atoms with van der Waals surface area (Å²) in [4.78, 5) is 11.9. The van der Waals surface area contributed by atoms with Crippen LogP contribution >= 0.6 is 23.4 Å². The second-order valence-electron chi connectivity index (χ2n) is 5.04. The fourth-order valence-electron chi connectivity index (χ4n) is 1.99. The summed E-state index contributed by atoms with van der Waals surface area (Å²) in [5.74, 6) is 0.418. The number of thioether (sulfide) groups is 1. The summed E-state index contributed by atoms with van der Waals surface area (Å²) >= 11 is 7.03. The second-order valence-corrected chi connectivity index (χ2v) is 6.47. The van der Waals surface area contributed by atoms with Crippen molar-refractivity contribution in [1.29, 1.82) is 0 Å². The molecule has 3 rings (SSSR count). The van der Waals surface area contributed by atoms with Crippen LogP contribution in [0.5, 0.6) is 0 Å². The first-order valence-electron chi connectivity index (χ1n) is 7.17. The Bertz CT molecular complexity index is 855. The average Bonchev–Trinajstić information content (AvgIpc) is 2.61. The Morgan fingerprint density at radius 2 is 1.76 bits per heavy atom. The molecule has 0 bridgehead atoms. The fraction of sp³-hybridized carbons (Fsp3) is 0.118. The molecule has 0 N–H and O–H groups in total. The summed E-state index contributed by atoms with van der Waals surface area (Å²) in [6.45, 7) is 0. The molecule has 3 aromatic rings. The highest BCUT2D eigenvalue weighted by atomic mass is 35.5. The van der Waals surface area contributed by atoms with Gasteiger partial charge in [0.2, 0.25) is 0 Å². The van der Waals surface area contributed by atoms with Crippen LogP contribution in [0.2, 0.25) is 5.02 Å². The summed E-state index contributed by atoms with van der Waals surface area (Å²) in [6.07, 6.45) is -3.07. The lowest BCUT2D eigenvalue weighted by molar-refractivity contribution is -0.141. The molecule has 0 saturated heterocycles. The predicted molar refractivity (Wildman–Crippen MR) is 91.3 cm³/mol. The van der Waals surface area contributed by atoms with Crippen LogP contribution in [0, 0.1) is 0 Å². The van der Waals surface area contributed by atoms with Crippen molar-refractivity contribution in [1.82, 2.24) is 15.0 Å². The third-order valence-electron chi connectivity index (χ3n) is 3.19. The first-order valence-corrected chi connectivity index (χ1v) is 8.53. The van der Waals surface area contributed by atoms with E-state index in [0.717, 1.165) is 11.6 Å². The molecule has 2 aromatic heterocycles. The standard InChI is InChI=1S/C17H11ClF3N3S/c18-12-6-4-11(5-7-12)10-25-15-9-14(17(19,20)21)23-16(24-15)13-3-1-2-8-22-13/h1-9H,10H2. The summed E-state index contributed by atoms with van der Waals surface area (Å²) < 4.78 is 39.4. The van der Waals surface area contributed by atoms with Crippen molar-refractivity contribution < 1.29 is 13.2 Å². The number of halogens is 4. The van der Waals surface area contributed by atoms with E-state index < -0.39 is 11.9 Å². The Balaban J connectivity index is 1.91. The summed E-state index contributed by atoms with van der Waals surface area (Å²) in [5, 5.41) is 0.838. The SMILES string of the molecule is FC(F)(F)c1cc(SCc2ccc(Cl)cc2)nc(-c2ccccn2)n1. The quantitative estimate of drug-likeness (QED) is 0.441. The van der Waals surface area contributed by atoms with E-state index >= 15 is 0 Å². The molecule has 0 saturated carbocycles. The molecular weight excluding hydrogens is 371 g/mol. The molecule has 128 valence electrons. The van der Waals surface area contributed by atoms with Crippen molar-refractivity contribution in [3.63, 3.8) is 0 Å². The van der Waals surface area contributed by atoms with Gasteiger partial charge in [-0.25, -0.2) is 9.97 Å². The van der Waals surface area contributed by atoms with Gasteiger partial charge in [-0.3, -0.25) is 4.98 Å². The Hall–Kier alpha value is -2.12.